The van der Waals surface area contributed by atoms with E-state index < -0.39 is 5.92 Å². The highest BCUT2D eigenvalue weighted by Crippen LogP contribution is 2.45. The van der Waals surface area contributed by atoms with E-state index in [4.69, 9.17) is 21.7 Å². The molecule has 0 amide bonds. The molecule has 7 rings (SSSR count). The second kappa shape index (κ2) is 12.0. The number of aromatic hydroxyl groups is 3. The molecule has 7 aromatic rings. The van der Waals surface area contributed by atoms with Gasteiger partial charge in [-0.3, -0.25) is 0 Å². The molecule has 230 valence electrons. The fraction of sp³-hybridized carbons (Fsp3) is 0.0909. The average molecular weight is 732 g/mol. The number of hydrogen-bond donors (Lipinski definition) is 3. The van der Waals surface area contributed by atoms with Gasteiger partial charge >= 0.3 is 0 Å². The third-order valence-electron chi connectivity index (χ3n) is 7.59. The Morgan fingerprint density at radius 3 is 1.93 bits per heavy atom. The van der Waals surface area contributed by atoms with Crippen LogP contribution in [0.1, 0.15) is 34.0 Å². The summed E-state index contributed by atoms with van der Waals surface area (Å²) in [5.74, 6) is -0.743. The van der Waals surface area contributed by atoms with Crippen LogP contribution in [0.15, 0.2) is 88.0 Å². The van der Waals surface area contributed by atoms with Crippen molar-refractivity contribution in [3.63, 3.8) is 0 Å². The van der Waals surface area contributed by atoms with Crippen LogP contribution in [0.3, 0.4) is 0 Å². The quantitative estimate of drug-likeness (QED) is 0.150. The van der Waals surface area contributed by atoms with Crippen molar-refractivity contribution in [3.05, 3.63) is 121 Å². The number of phenolic OH excluding ortho intramolecular Hbond substituents is 1. The van der Waals surface area contributed by atoms with E-state index in [-0.39, 0.29) is 17.5 Å². The van der Waals surface area contributed by atoms with Crippen LogP contribution in [-0.2, 0) is 0 Å². The van der Waals surface area contributed by atoms with Crippen molar-refractivity contribution in [1.29, 1.82) is 0 Å². The molecule has 0 aliphatic rings. The minimum Gasteiger partial charge on any atom is -0.507 e. The highest BCUT2D eigenvalue weighted by molar-refractivity contribution is 9.10. The second-order valence-corrected chi connectivity index (χ2v) is 13.5. The van der Waals surface area contributed by atoms with Crippen LogP contribution in [0.4, 0.5) is 0 Å². The third kappa shape index (κ3) is 5.36. The molecule has 0 aliphatic carbocycles. The monoisotopic (exact) mass is 730 g/mol. The van der Waals surface area contributed by atoms with E-state index in [0.717, 1.165) is 15.6 Å². The van der Waals surface area contributed by atoms with Gasteiger partial charge in [0.15, 0.2) is 0 Å². The van der Waals surface area contributed by atoms with Gasteiger partial charge in [0.25, 0.3) is 0 Å². The fourth-order valence-corrected chi connectivity index (χ4v) is 7.46. The van der Waals surface area contributed by atoms with Crippen LogP contribution in [0.2, 0.25) is 5.02 Å². The Morgan fingerprint density at radius 1 is 0.739 bits per heavy atom. The minimum absolute atomic E-state index is 0.0972. The number of rotatable bonds is 7. The molecule has 0 bridgehead atoms. The summed E-state index contributed by atoms with van der Waals surface area (Å²) in [6.45, 7) is 3.63. The first-order valence-corrected chi connectivity index (χ1v) is 16.9. The smallest absolute Gasteiger partial charge is 0.220 e. The van der Waals surface area contributed by atoms with E-state index in [1.807, 2.05) is 67.8 Å². The predicted molar refractivity (Wildman–Crippen MR) is 184 cm³/mol. The Bertz CT molecular complexity index is 2220. The minimum atomic E-state index is -0.638. The summed E-state index contributed by atoms with van der Waals surface area (Å²) < 4.78 is 3.70. The van der Waals surface area contributed by atoms with Gasteiger partial charge in [-0.05, 0) is 55.8 Å². The van der Waals surface area contributed by atoms with Gasteiger partial charge in [0.05, 0.1) is 22.8 Å². The maximum absolute atomic E-state index is 11.8. The summed E-state index contributed by atoms with van der Waals surface area (Å²) in [6, 6.07) is 22.1. The van der Waals surface area contributed by atoms with E-state index in [1.54, 1.807) is 29.6 Å². The summed E-state index contributed by atoms with van der Waals surface area (Å²) in [7, 11) is 0. The van der Waals surface area contributed by atoms with Crippen molar-refractivity contribution in [2.45, 2.75) is 19.8 Å². The topological polar surface area (TPSA) is 122 Å². The molecule has 0 saturated carbocycles. The fourth-order valence-electron chi connectivity index (χ4n) is 5.45. The zero-order valence-electron chi connectivity index (χ0n) is 24.3. The Kier molecular flexibility index (Phi) is 7.89. The van der Waals surface area contributed by atoms with Gasteiger partial charge in [0, 0.05) is 48.4 Å². The zero-order chi connectivity index (χ0) is 32.1. The number of benzene rings is 3. The van der Waals surface area contributed by atoms with Crippen LogP contribution >= 0.6 is 50.2 Å². The highest BCUT2D eigenvalue weighted by atomic mass is 79.9. The van der Waals surface area contributed by atoms with Crippen molar-refractivity contribution >= 4 is 50.2 Å². The second-order valence-electron chi connectivity index (χ2n) is 10.5. The Labute approximate surface area is 284 Å². The molecule has 0 saturated heterocycles. The number of hydrogen-bond acceptors (Lipinski definition) is 9. The SMILES string of the molecule is Cc1nn(-c2nc(-c3cccc(Cl)c3)cs2)c(O)c1C(c1ccc(Br)cc1)c1c(C)nn(-c2nc(-c3ccccc3O)cs2)c1O. The number of halogens is 2. The van der Waals surface area contributed by atoms with Crippen molar-refractivity contribution in [2.24, 2.45) is 0 Å². The van der Waals surface area contributed by atoms with Crippen LogP contribution in [0.25, 0.3) is 32.8 Å². The largest absolute Gasteiger partial charge is 0.507 e. The lowest BCUT2D eigenvalue weighted by Gasteiger charge is -2.18. The molecule has 3 aromatic carbocycles. The molecule has 0 fully saturated rings. The van der Waals surface area contributed by atoms with E-state index in [2.05, 4.69) is 26.0 Å². The first-order chi connectivity index (χ1) is 22.2. The molecule has 4 heterocycles. The molecular formula is C33H24BrClN6O3S2. The lowest BCUT2D eigenvalue weighted by molar-refractivity contribution is 0.420. The van der Waals surface area contributed by atoms with Gasteiger partial charge in [-0.1, -0.05) is 63.9 Å². The molecular weight excluding hydrogens is 708 g/mol. The lowest BCUT2D eigenvalue weighted by Crippen LogP contribution is -2.06. The molecule has 1 atom stereocenters. The first-order valence-electron chi connectivity index (χ1n) is 14.0. The summed E-state index contributed by atoms with van der Waals surface area (Å²) in [4.78, 5) is 9.41. The normalized spacial score (nSPS) is 12.1. The number of phenols is 1. The molecule has 46 heavy (non-hydrogen) atoms. The molecule has 0 radical (unpaired) electrons. The van der Waals surface area contributed by atoms with Crippen molar-refractivity contribution < 1.29 is 15.3 Å². The highest BCUT2D eigenvalue weighted by Gasteiger charge is 2.34. The van der Waals surface area contributed by atoms with Crippen molar-refractivity contribution in [1.82, 2.24) is 29.5 Å². The lowest BCUT2D eigenvalue weighted by atomic mass is 9.85. The van der Waals surface area contributed by atoms with Crippen molar-refractivity contribution in [2.75, 3.05) is 0 Å². The standard InChI is InChI=1S/C33H24BrClN6O3S2/c1-17-27(30(43)40(38-17)32-36-24(15-45-32)20-6-5-7-22(35)14-20)29(19-10-12-21(34)13-11-19)28-18(2)39-41(31(28)44)33-37-25(16-46-33)23-8-3-4-9-26(23)42/h3-16,29,42-44H,1-2H3. The molecule has 3 N–H and O–H groups in total. The van der Waals surface area contributed by atoms with Crippen LogP contribution in [0, 0.1) is 13.8 Å². The first kappa shape index (κ1) is 30.2. The molecule has 1 unspecified atom stereocenters. The van der Waals surface area contributed by atoms with Gasteiger partial charge in [-0.15, -0.1) is 22.7 Å². The van der Waals surface area contributed by atoms with Gasteiger partial charge in [-0.2, -0.15) is 19.6 Å². The van der Waals surface area contributed by atoms with E-state index in [1.165, 1.54) is 32.0 Å². The van der Waals surface area contributed by atoms with Crippen LogP contribution in [0.5, 0.6) is 17.5 Å². The summed E-state index contributed by atoms with van der Waals surface area (Å²) in [5.41, 5.74) is 5.64. The zero-order valence-corrected chi connectivity index (χ0v) is 28.2. The van der Waals surface area contributed by atoms with E-state index in [9.17, 15) is 15.3 Å². The van der Waals surface area contributed by atoms with E-state index >= 15 is 0 Å². The molecule has 13 heteroatoms. The number of aromatic nitrogens is 6. The summed E-state index contributed by atoms with van der Waals surface area (Å²) >= 11 is 12.4. The number of nitrogens with zero attached hydrogens (tertiary/aromatic N) is 6. The van der Waals surface area contributed by atoms with Gasteiger partial charge in [0.1, 0.15) is 5.75 Å². The molecule has 4 aromatic heterocycles. The van der Waals surface area contributed by atoms with Gasteiger partial charge in [-0.25, -0.2) is 9.97 Å². The molecule has 0 aliphatic heterocycles. The van der Waals surface area contributed by atoms with Crippen LogP contribution in [-0.4, -0.2) is 44.8 Å². The summed E-state index contributed by atoms with van der Waals surface area (Å²) in [6.07, 6.45) is 0. The Morgan fingerprint density at radius 2 is 1.33 bits per heavy atom. The van der Waals surface area contributed by atoms with Crippen molar-refractivity contribution in [3.8, 4) is 50.3 Å². The average Bonchev–Trinajstić information content (AvgIpc) is 3.83. The number of aryl methyl sites for hydroxylation is 2. The summed E-state index contributed by atoms with van der Waals surface area (Å²) in [5, 5.41) is 48.5. The van der Waals surface area contributed by atoms with E-state index in [0.29, 0.717) is 54.8 Å². The maximum Gasteiger partial charge on any atom is 0.220 e. The molecule has 0 spiro atoms. The third-order valence-corrected chi connectivity index (χ3v) is 9.99. The molecule has 9 nitrogen and oxygen atoms in total. The Balaban J connectivity index is 1.34. The number of para-hydroxylation sites is 1. The maximum atomic E-state index is 11.8. The predicted octanol–water partition coefficient (Wildman–Crippen LogP) is 8.63. The van der Waals surface area contributed by atoms with Gasteiger partial charge < -0.3 is 15.3 Å². The van der Waals surface area contributed by atoms with Gasteiger partial charge in [0.2, 0.25) is 22.0 Å². The van der Waals surface area contributed by atoms with Crippen LogP contribution < -0.4 is 0 Å². The number of thiazole rings is 2. The Hall–Kier alpha value is -4.49.